The summed E-state index contributed by atoms with van der Waals surface area (Å²) in [6, 6.07) is 1.06. The Morgan fingerprint density at radius 2 is 2.11 bits per heavy atom. The Hall–Kier alpha value is -0.810. The molecule has 18 heavy (non-hydrogen) atoms. The highest BCUT2D eigenvalue weighted by molar-refractivity contribution is 5.76. The minimum absolute atomic E-state index is 0.201. The highest BCUT2D eigenvalue weighted by Crippen LogP contribution is 2.19. The number of likely N-dealkylation sites (N-methyl/N-ethyl adjacent to an activating group) is 2. The Kier molecular flexibility index (Phi) is 4.45. The number of nitrogens with one attached hydrogen (secondary N) is 1. The molecule has 2 unspecified atom stereocenters. The molecule has 0 bridgehead atoms. The van der Waals surface area contributed by atoms with E-state index in [4.69, 9.17) is 0 Å². The fourth-order valence-electron chi connectivity index (χ4n) is 2.93. The van der Waals surface area contributed by atoms with Crippen LogP contribution in [0.25, 0.3) is 0 Å². The molecule has 0 aliphatic carbocycles. The van der Waals surface area contributed by atoms with Crippen LogP contribution in [-0.2, 0) is 0 Å². The third kappa shape index (κ3) is 2.78. The number of hydrogen-bond acceptors (Lipinski definition) is 3. The number of nitrogens with zero attached hydrogens (tertiary/aromatic N) is 3. The molecule has 1 N–H and O–H groups in total. The van der Waals surface area contributed by atoms with E-state index in [9.17, 15) is 4.79 Å². The maximum absolute atomic E-state index is 12.2. The maximum Gasteiger partial charge on any atom is 0.320 e. The summed E-state index contributed by atoms with van der Waals surface area (Å²) in [5, 5.41) is 3.41. The second-order valence-electron chi connectivity index (χ2n) is 5.58. The molecule has 5 heteroatoms. The molecule has 5 nitrogen and oxygen atoms in total. The van der Waals surface area contributed by atoms with E-state index in [-0.39, 0.29) is 6.03 Å². The standard InChI is InChI=1S/C13H26N4O/c1-4-5-11-9-17(13(18)16(11)3)10-12-8-14-6-7-15(12)2/h11-12,14H,4-10H2,1-3H3. The minimum atomic E-state index is 0.201. The van der Waals surface area contributed by atoms with Gasteiger partial charge in [-0.05, 0) is 13.5 Å². The van der Waals surface area contributed by atoms with E-state index in [1.54, 1.807) is 0 Å². The van der Waals surface area contributed by atoms with E-state index in [2.05, 4.69) is 24.2 Å². The lowest BCUT2D eigenvalue weighted by Crippen LogP contribution is -2.54. The van der Waals surface area contributed by atoms with Crippen molar-refractivity contribution in [2.45, 2.75) is 31.8 Å². The lowest BCUT2D eigenvalue weighted by atomic mass is 10.1. The van der Waals surface area contributed by atoms with Gasteiger partial charge < -0.3 is 15.1 Å². The van der Waals surface area contributed by atoms with Gasteiger partial charge in [-0.1, -0.05) is 13.3 Å². The highest BCUT2D eigenvalue weighted by Gasteiger charge is 2.35. The summed E-state index contributed by atoms with van der Waals surface area (Å²) >= 11 is 0. The molecular formula is C13H26N4O. The second kappa shape index (κ2) is 5.89. The van der Waals surface area contributed by atoms with E-state index in [1.807, 2.05) is 16.8 Å². The molecule has 2 fully saturated rings. The molecule has 2 heterocycles. The first kappa shape index (κ1) is 13.6. The van der Waals surface area contributed by atoms with E-state index >= 15 is 0 Å². The zero-order valence-electron chi connectivity index (χ0n) is 11.9. The normalized spacial score (nSPS) is 30.3. The van der Waals surface area contributed by atoms with E-state index < -0.39 is 0 Å². The number of hydrogen-bond donors (Lipinski definition) is 1. The smallest absolute Gasteiger partial charge is 0.320 e. The monoisotopic (exact) mass is 254 g/mol. The summed E-state index contributed by atoms with van der Waals surface area (Å²) in [5.74, 6) is 0. The Balaban J connectivity index is 1.91. The van der Waals surface area contributed by atoms with Gasteiger partial charge in [0.05, 0.1) is 6.04 Å². The molecule has 2 saturated heterocycles. The summed E-state index contributed by atoms with van der Waals surface area (Å²) in [7, 11) is 4.09. The van der Waals surface area contributed by atoms with Gasteiger partial charge in [-0.15, -0.1) is 0 Å². The Morgan fingerprint density at radius 1 is 1.33 bits per heavy atom. The first-order chi connectivity index (χ1) is 8.63. The predicted octanol–water partition coefficient (Wildman–Crippen LogP) is 0.426. The van der Waals surface area contributed by atoms with Crippen molar-refractivity contribution < 1.29 is 4.79 Å². The molecule has 0 aromatic heterocycles. The molecule has 0 saturated carbocycles. The number of piperazine rings is 1. The average molecular weight is 254 g/mol. The SMILES string of the molecule is CCCC1CN(CC2CNCCN2C)C(=O)N1C. The molecule has 0 aromatic rings. The van der Waals surface area contributed by atoms with E-state index in [0.717, 1.165) is 45.6 Å². The molecule has 2 aliphatic rings. The third-order valence-corrected chi connectivity index (χ3v) is 4.25. The molecule has 2 aliphatic heterocycles. The summed E-state index contributed by atoms with van der Waals surface area (Å²) in [4.78, 5) is 18.5. The van der Waals surface area contributed by atoms with Gasteiger partial charge >= 0.3 is 6.03 Å². The van der Waals surface area contributed by atoms with Gasteiger partial charge in [0.2, 0.25) is 0 Å². The Bertz CT molecular complexity index is 297. The van der Waals surface area contributed by atoms with Crippen LogP contribution in [-0.4, -0.2) is 79.6 Å². The van der Waals surface area contributed by atoms with Crippen molar-refractivity contribution in [2.75, 3.05) is 46.8 Å². The second-order valence-corrected chi connectivity index (χ2v) is 5.58. The largest absolute Gasteiger partial charge is 0.323 e. The molecule has 2 atom stereocenters. The molecule has 2 rings (SSSR count). The third-order valence-electron chi connectivity index (χ3n) is 4.25. The number of carbonyl (C=O) groups is 1. The van der Waals surface area contributed by atoms with Crippen LogP contribution in [0, 0.1) is 0 Å². The molecule has 2 amide bonds. The van der Waals surface area contributed by atoms with Crippen LogP contribution < -0.4 is 5.32 Å². The van der Waals surface area contributed by atoms with Crippen LogP contribution >= 0.6 is 0 Å². The lowest BCUT2D eigenvalue weighted by Gasteiger charge is -2.35. The van der Waals surface area contributed by atoms with Crippen molar-refractivity contribution >= 4 is 6.03 Å². The average Bonchev–Trinajstić information content (AvgIpc) is 2.61. The van der Waals surface area contributed by atoms with Crippen molar-refractivity contribution in [2.24, 2.45) is 0 Å². The number of rotatable bonds is 4. The van der Waals surface area contributed by atoms with Gasteiger partial charge in [0.1, 0.15) is 0 Å². The molecule has 0 aromatic carbocycles. The van der Waals surface area contributed by atoms with Gasteiger partial charge in [-0.3, -0.25) is 4.90 Å². The van der Waals surface area contributed by atoms with Crippen LogP contribution in [0.5, 0.6) is 0 Å². The first-order valence-corrected chi connectivity index (χ1v) is 7.06. The summed E-state index contributed by atoms with van der Waals surface area (Å²) in [5.41, 5.74) is 0. The Labute approximate surface area is 110 Å². The zero-order valence-corrected chi connectivity index (χ0v) is 11.9. The highest BCUT2D eigenvalue weighted by atomic mass is 16.2. The summed E-state index contributed by atoms with van der Waals surface area (Å²) in [6.07, 6.45) is 2.25. The summed E-state index contributed by atoms with van der Waals surface area (Å²) < 4.78 is 0. The van der Waals surface area contributed by atoms with E-state index in [1.165, 1.54) is 0 Å². The number of carbonyl (C=O) groups excluding carboxylic acids is 1. The minimum Gasteiger partial charge on any atom is -0.323 e. The first-order valence-electron chi connectivity index (χ1n) is 7.06. The quantitative estimate of drug-likeness (QED) is 0.790. The van der Waals surface area contributed by atoms with Crippen LogP contribution in [0.15, 0.2) is 0 Å². The number of amides is 2. The van der Waals surface area contributed by atoms with Gasteiger partial charge in [0, 0.05) is 45.8 Å². The van der Waals surface area contributed by atoms with Crippen molar-refractivity contribution in [3.05, 3.63) is 0 Å². The topological polar surface area (TPSA) is 38.8 Å². The van der Waals surface area contributed by atoms with Gasteiger partial charge in [-0.2, -0.15) is 0 Å². The fourth-order valence-corrected chi connectivity index (χ4v) is 2.93. The zero-order chi connectivity index (χ0) is 13.1. The van der Waals surface area contributed by atoms with Crippen molar-refractivity contribution in [1.82, 2.24) is 20.0 Å². The predicted molar refractivity (Wildman–Crippen MR) is 72.7 cm³/mol. The van der Waals surface area contributed by atoms with Crippen molar-refractivity contribution in [3.63, 3.8) is 0 Å². The van der Waals surface area contributed by atoms with Gasteiger partial charge in [0.15, 0.2) is 0 Å². The summed E-state index contributed by atoms with van der Waals surface area (Å²) in [6.45, 7) is 7.04. The Morgan fingerprint density at radius 3 is 2.78 bits per heavy atom. The van der Waals surface area contributed by atoms with Crippen LogP contribution in [0.1, 0.15) is 19.8 Å². The fraction of sp³-hybridized carbons (Fsp3) is 0.923. The maximum atomic E-state index is 12.2. The lowest BCUT2D eigenvalue weighted by molar-refractivity contribution is 0.150. The van der Waals surface area contributed by atoms with Crippen LogP contribution in [0.2, 0.25) is 0 Å². The van der Waals surface area contributed by atoms with Crippen LogP contribution in [0.3, 0.4) is 0 Å². The van der Waals surface area contributed by atoms with Gasteiger partial charge in [-0.25, -0.2) is 4.79 Å². The molecular weight excluding hydrogens is 228 g/mol. The van der Waals surface area contributed by atoms with Crippen molar-refractivity contribution in [3.8, 4) is 0 Å². The van der Waals surface area contributed by atoms with Gasteiger partial charge in [0.25, 0.3) is 0 Å². The molecule has 0 spiro atoms. The molecule has 0 radical (unpaired) electrons. The van der Waals surface area contributed by atoms with Crippen molar-refractivity contribution in [1.29, 1.82) is 0 Å². The molecule has 104 valence electrons. The number of urea groups is 1. The van der Waals surface area contributed by atoms with Crippen LogP contribution in [0.4, 0.5) is 4.79 Å². The van der Waals surface area contributed by atoms with E-state index in [0.29, 0.717) is 12.1 Å².